The Balaban J connectivity index is 1.09. The van der Waals surface area contributed by atoms with E-state index in [1.807, 2.05) is 24.3 Å². The molecule has 0 saturated carbocycles. The number of rotatable bonds is 8. The van der Waals surface area contributed by atoms with E-state index >= 15 is 0 Å². The van der Waals surface area contributed by atoms with E-state index in [1.54, 1.807) is 18.3 Å². The Morgan fingerprint density at radius 1 is 1.11 bits per heavy atom. The Morgan fingerprint density at radius 2 is 1.95 bits per heavy atom. The minimum absolute atomic E-state index is 0.102. The van der Waals surface area contributed by atoms with Gasteiger partial charge in [-0.05, 0) is 56.6 Å². The van der Waals surface area contributed by atoms with Gasteiger partial charge in [-0.3, -0.25) is 4.90 Å². The molecule has 0 bridgehead atoms. The van der Waals surface area contributed by atoms with E-state index in [9.17, 15) is 4.39 Å². The third-order valence-electron chi connectivity index (χ3n) is 7.37. The molecular weight excluding hydrogens is 507 g/mol. The van der Waals surface area contributed by atoms with Gasteiger partial charge < -0.3 is 19.8 Å². The number of halogens is 2. The maximum absolute atomic E-state index is 14.1. The largest absolute Gasteiger partial charge is 0.473 e. The lowest BCUT2D eigenvalue weighted by Gasteiger charge is -2.32. The Kier molecular flexibility index (Phi) is 7.14. The van der Waals surface area contributed by atoms with Gasteiger partial charge in [0.1, 0.15) is 23.8 Å². The maximum Gasteiger partial charge on any atom is 0.213 e. The van der Waals surface area contributed by atoms with Crippen molar-refractivity contribution in [1.82, 2.24) is 24.4 Å². The fourth-order valence-electron chi connectivity index (χ4n) is 5.13. The summed E-state index contributed by atoms with van der Waals surface area (Å²) in [5.41, 5.74) is 9.72. The van der Waals surface area contributed by atoms with Gasteiger partial charge in [-0.2, -0.15) is 0 Å². The summed E-state index contributed by atoms with van der Waals surface area (Å²) in [6.45, 7) is 4.30. The Hall–Kier alpha value is -3.27. The highest BCUT2D eigenvalue weighted by molar-refractivity contribution is 6.30. The number of benzene rings is 1. The van der Waals surface area contributed by atoms with Gasteiger partial charge in [-0.25, -0.2) is 19.3 Å². The zero-order valence-corrected chi connectivity index (χ0v) is 21.8. The summed E-state index contributed by atoms with van der Waals surface area (Å²) in [5, 5.41) is 0.365. The van der Waals surface area contributed by atoms with Crippen LogP contribution >= 0.6 is 11.6 Å². The zero-order chi connectivity index (χ0) is 26.1. The first-order valence-corrected chi connectivity index (χ1v) is 13.4. The van der Waals surface area contributed by atoms with Gasteiger partial charge in [0.05, 0.1) is 31.1 Å². The topological polar surface area (TPSA) is 91.3 Å². The van der Waals surface area contributed by atoms with E-state index in [-0.39, 0.29) is 18.5 Å². The molecule has 0 aliphatic carbocycles. The van der Waals surface area contributed by atoms with E-state index in [0.717, 1.165) is 74.7 Å². The van der Waals surface area contributed by atoms with Crippen molar-refractivity contribution >= 4 is 28.5 Å². The minimum atomic E-state index is -0.381. The number of imidazole rings is 1. The molecule has 2 N–H and O–H groups in total. The predicted molar refractivity (Wildman–Crippen MR) is 144 cm³/mol. The van der Waals surface area contributed by atoms with Crippen LogP contribution in [-0.4, -0.2) is 50.2 Å². The summed E-state index contributed by atoms with van der Waals surface area (Å²) in [5.74, 6) is 1.45. The number of hydrogen-bond acceptors (Lipinski definition) is 7. The normalized spacial score (nSPS) is 18.5. The van der Waals surface area contributed by atoms with Gasteiger partial charge in [0.25, 0.3) is 0 Å². The standard InChI is InChI=1S/C28H30ClFN6O2/c29-20-5-4-19(23(30)12-20)17-38-27-3-1-2-24(34-27)18-6-9-35(10-7-18)16-26-33-25-13-21(31)14-32-28(25)36(26)15-22-8-11-37-22/h1-5,12-14,18,22H,6-11,15-17,31H2/t22-/m0/s1. The first kappa shape index (κ1) is 25.0. The van der Waals surface area contributed by atoms with Crippen LogP contribution in [0, 0.1) is 5.82 Å². The monoisotopic (exact) mass is 536 g/mol. The molecule has 2 aliphatic rings. The van der Waals surface area contributed by atoms with E-state index in [4.69, 9.17) is 36.8 Å². The summed E-state index contributed by atoms with van der Waals surface area (Å²) >= 11 is 5.84. The van der Waals surface area contributed by atoms with E-state index in [2.05, 4.69) is 14.5 Å². The van der Waals surface area contributed by atoms with Gasteiger partial charge in [-0.15, -0.1) is 0 Å². The third-order valence-corrected chi connectivity index (χ3v) is 7.61. The summed E-state index contributed by atoms with van der Waals surface area (Å²) < 4.78 is 27.8. The lowest BCUT2D eigenvalue weighted by molar-refractivity contribution is -0.0593. The van der Waals surface area contributed by atoms with Crippen molar-refractivity contribution in [2.45, 2.75) is 51.0 Å². The Morgan fingerprint density at radius 3 is 2.71 bits per heavy atom. The number of anilines is 1. The molecule has 10 heteroatoms. The molecule has 38 heavy (non-hydrogen) atoms. The average molecular weight is 537 g/mol. The number of nitrogens with zero attached hydrogens (tertiary/aromatic N) is 5. The number of ether oxygens (including phenoxy) is 2. The van der Waals surface area contributed by atoms with Crippen LogP contribution in [0.4, 0.5) is 10.1 Å². The summed E-state index contributed by atoms with van der Waals surface area (Å²) in [6.07, 6.45) is 4.93. The Labute approximate surface area is 225 Å². The second-order valence-electron chi connectivity index (χ2n) is 10.0. The minimum Gasteiger partial charge on any atom is -0.473 e. The van der Waals surface area contributed by atoms with Gasteiger partial charge >= 0.3 is 0 Å². The van der Waals surface area contributed by atoms with Crippen LogP contribution in [0.15, 0.2) is 48.7 Å². The third kappa shape index (κ3) is 5.45. The van der Waals surface area contributed by atoms with Crippen molar-refractivity contribution in [3.8, 4) is 5.88 Å². The van der Waals surface area contributed by atoms with E-state index in [1.165, 1.54) is 6.07 Å². The predicted octanol–water partition coefficient (Wildman–Crippen LogP) is 4.95. The fourth-order valence-corrected chi connectivity index (χ4v) is 5.29. The van der Waals surface area contributed by atoms with Crippen molar-refractivity contribution < 1.29 is 13.9 Å². The number of pyridine rings is 2. The smallest absolute Gasteiger partial charge is 0.213 e. The molecule has 0 unspecified atom stereocenters. The Bertz CT molecular complexity index is 1430. The second kappa shape index (κ2) is 10.8. The van der Waals surface area contributed by atoms with Crippen molar-refractivity contribution in [3.63, 3.8) is 0 Å². The first-order valence-electron chi connectivity index (χ1n) is 13.0. The SMILES string of the molecule is Nc1cnc2c(c1)nc(CN1CCC(c3cccc(OCc4ccc(Cl)cc4F)n3)CC1)n2C[C@@H]1CCO1. The van der Waals surface area contributed by atoms with E-state index < -0.39 is 0 Å². The molecule has 2 aliphatic heterocycles. The second-order valence-corrected chi connectivity index (χ2v) is 10.4. The van der Waals surface area contributed by atoms with Crippen LogP contribution in [0.5, 0.6) is 5.88 Å². The number of piperidine rings is 1. The molecule has 2 saturated heterocycles. The molecule has 5 heterocycles. The highest BCUT2D eigenvalue weighted by Crippen LogP contribution is 2.30. The molecule has 4 aromatic rings. The summed E-state index contributed by atoms with van der Waals surface area (Å²) in [7, 11) is 0. The molecule has 2 fully saturated rings. The number of aromatic nitrogens is 4. The lowest BCUT2D eigenvalue weighted by Crippen LogP contribution is -2.35. The van der Waals surface area contributed by atoms with Crippen molar-refractivity contribution in [3.05, 3.63) is 76.6 Å². The molecule has 6 rings (SSSR count). The van der Waals surface area contributed by atoms with Crippen molar-refractivity contribution in [2.75, 3.05) is 25.4 Å². The van der Waals surface area contributed by atoms with Crippen molar-refractivity contribution in [2.24, 2.45) is 0 Å². The zero-order valence-electron chi connectivity index (χ0n) is 21.0. The molecule has 1 aromatic carbocycles. The first-order chi connectivity index (χ1) is 18.5. The molecular formula is C28H30ClFN6O2. The molecule has 0 radical (unpaired) electrons. The maximum atomic E-state index is 14.1. The number of likely N-dealkylation sites (tertiary alicyclic amines) is 1. The molecule has 0 amide bonds. The molecule has 198 valence electrons. The van der Waals surface area contributed by atoms with Gasteiger partial charge in [0, 0.05) is 34.9 Å². The number of hydrogen-bond donors (Lipinski definition) is 1. The van der Waals surface area contributed by atoms with Crippen LogP contribution in [0.25, 0.3) is 11.2 Å². The number of fused-ring (bicyclic) bond motifs is 1. The van der Waals surface area contributed by atoms with Crippen LogP contribution < -0.4 is 10.5 Å². The van der Waals surface area contributed by atoms with Crippen LogP contribution in [0.2, 0.25) is 5.02 Å². The van der Waals surface area contributed by atoms with Crippen LogP contribution in [0.1, 0.15) is 42.3 Å². The van der Waals surface area contributed by atoms with Gasteiger partial charge in [-0.1, -0.05) is 23.7 Å². The molecule has 8 nitrogen and oxygen atoms in total. The molecule has 0 spiro atoms. The average Bonchev–Trinajstić information content (AvgIpc) is 3.22. The van der Waals surface area contributed by atoms with Crippen LogP contribution in [-0.2, 0) is 24.4 Å². The number of nitrogens with two attached hydrogens (primary N) is 1. The molecule has 1 atom stereocenters. The highest BCUT2D eigenvalue weighted by Gasteiger charge is 2.26. The van der Waals surface area contributed by atoms with Gasteiger partial charge in [0.15, 0.2) is 5.65 Å². The number of nitrogen functional groups attached to an aromatic ring is 1. The lowest BCUT2D eigenvalue weighted by atomic mass is 9.93. The summed E-state index contributed by atoms with van der Waals surface area (Å²) in [6, 6.07) is 12.3. The highest BCUT2D eigenvalue weighted by atomic mass is 35.5. The van der Waals surface area contributed by atoms with Crippen LogP contribution in [0.3, 0.4) is 0 Å². The summed E-state index contributed by atoms with van der Waals surface area (Å²) in [4.78, 5) is 16.6. The van der Waals surface area contributed by atoms with Gasteiger partial charge in [0.2, 0.25) is 5.88 Å². The quantitative estimate of drug-likeness (QED) is 0.341. The van der Waals surface area contributed by atoms with Crippen molar-refractivity contribution in [1.29, 1.82) is 0 Å². The fraction of sp³-hybridized carbons (Fsp3) is 0.393. The van der Waals surface area contributed by atoms with E-state index in [0.29, 0.717) is 28.1 Å². The molecule has 3 aromatic heterocycles.